The molecule has 5 nitrogen and oxygen atoms in total. The molecule has 1 saturated carbocycles. The van der Waals surface area contributed by atoms with Crippen molar-refractivity contribution in [1.29, 1.82) is 0 Å². The summed E-state index contributed by atoms with van der Waals surface area (Å²) in [6.45, 7) is -0.123. The van der Waals surface area contributed by atoms with E-state index in [-0.39, 0.29) is 43.1 Å². The van der Waals surface area contributed by atoms with Crippen LogP contribution in [0.15, 0.2) is 12.1 Å². The lowest BCUT2D eigenvalue weighted by Crippen LogP contribution is -2.48. The Hall–Kier alpha value is -2.13. The maximum atomic E-state index is 13.3. The number of nitrogens with two attached hydrogens (primary N) is 1. The number of amides is 1. The van der Waals surface area contributed by atoms with Crippen LogP contribution in [0.2, 0.25) is 0 Å². The van der Waals surface area contributed by atoms with Crippen molar-refractivity contribution in [3.05, 3.63) is 17.7 Å². The molecule has 0 atom stereocenters. The Morgan fingerprint density at radius 2 is 1.76 bits per heavy atom. The number of carbonyl (C=O) groups excluding carboxylic acids is 1. The van der Waals surface area contributed by atoms with Crippen LogP contribution in [0.3, 0.4) is 0 Å². The normalized spacial score (nSPS) is 21.7. The predicted octanol–water partition coefficient (Wildman–Crippen LogP) is 2.72. The molecule has 0 aromatic carbocycles. The molecule has 1 saturated heterocycles. The topological polar surface area (TPSA) is 71.2 Å². The third-order valence-electron chi connectivity index (χ3n) is 4.58. The third kappa shape index (κ3) is 3.47. The van der Waals surface area contributed by atoms with Crippen LogP contribution in [0.4, 0.5) is 33.6 Å². The summed E-state index contributed by atoms with van der Waals surface area (Å²) in [5.41, 5.74) is 3.29. The number of halogens is 5. The van der Waals surface area contributed by atoms with Crippen molar-refractivity contribution in [1.82, 2.24) is 10.3 Å². The summed E-state index contributed by atoms with van der Waals surface area (Å²) in [6, 6.07) is 2.57. The van der Waals surface area contributed by atoms with Gasteiger partial charge in [0.25, 0.3) is 11.8 Å². The molecular weight excluding hydrogens is 347 g/mol. The molecule has 0 unspecified atom stereocenters. The van der Waals surface area contributed by atoms with Crippen LogP contribution in [0.1, 0.15) is 36.0 Å². The Morgan fingerprint density at radius 1 is 1.16 bits per heavy atom. The van der Waals surface area contributed by atoms with Gasteiger partial charge in [-0.15, -0.1) is 0 Å². The molecule has 0 bridgehead atoms. The van der Waals surface area contributed by atoms with Crippen molar-refractivity contribution < 1.29 is 26.7 Å². The van der Waals surface area contributed by atoms with E-state index in [0.717, 1.165) is 0 Å². The fraction of sp³-hybridized carbons (Fsp3) is 0.600. The first-order valence-corrected chi connectivity index (χ1v) is 7.82. The van der Waals surface area contributed by atoms with E-state index in [9.17, 15) is 26.7 Å². The minimum absolute atomic E-state index is 0.0333. The number of nitrogens with zero attached hydrogens (tertiary/aromatic N) is 2. The van der Waals surface area contributed by atoms with Crippen LogP contribution >= 0.6 is 0 Å². The molecule has 3 N–H and O–H groups in total. The fourth-order valence-corrected chi connectivity index (χ4v) is 2.82. The third-order valence-corrected chi connectivity index (χ3v) is 4.58. The summed E-state index contributed by atoms with van der Waals surface area (Å²) < 4.78 is 65.7. The van der Waals surface area contributed by atoms with Crippen molar-refractivity contribution in [2.45, 2.75) is 43.3 Å². The number of hydrogen-bond acceptors (Lipinski definition) is 4. The van der Waals surface area contributed by atoms with E-state index in [4.69, 9.17) is 5.73 Å². The molecule has 0 spiro atoms. The second-order valence-corrected chi connectivity index (χ2v) is 6.48. The van der Waals surface area contributed by atoms with Crippen LogP contribution in [0.25, 0.3) is 0 Å². The first kappa shape index (κ1) is 17.7. The van der Waals surface area contributed by atoms with Gasteiger partial charge in [-0.05, 0) is 25.0 Å². The second kappa shape index (κ2) is 5.70. The van der Waals surface area contributed by atoms with Gasteiger partial charge in [-0.1, -0.05) is 0 Å². The van der Waals surface area contributed by atoms with Gasteiger partial charge in [-0.2, -0.15) is 13.2 Å². The van der Waals surface area contributed by atoms with Gasteiger partial charge in [0.05, 0.1) is 5.56 Å². The lowest BCUT2D eigenvalue weighted by molar-refractivity contribution is -0.163. The maximum Gasteiger partial charge on any atom is 0.411 e. The Balaban J connectivity index is 1.84. The lowest BCUT2D eigenvalue weighted by atomic mass is 10.1. The zero-order chi connectivity index (χ0) is 18.5. The van der Waals surface area contributed by atoms with Crippen LogP contribution in [-0.4, -0.2) is 41.6 Å². The highest BCUT2D eigenvalue weighted by atomic mass is 19.4. The highest BCUT2D eigenvalue weighted by molar-refractivity contribution is 6.00. The van der Waals surface area contributed by atoms with Gasteiger partial charge < -0.3 is 16.0 Å². The van der Waals surface area contributed by atoms with E-state index in [2.05, 4.69) is 4.98 Å². The average molecular weight is 364 g/mol. The average Bonchev–Trinajstić information content (AvgIpc) is 3.27. The van der Waals surface area contributed by atoms with Crippen LogP contribution in [-0.2, 0) is 0 Å². The summed E-state index contributed by atoms with van der Waals surface area (Å²) in [5.74, 6) is -3.64. The van der Waals surface area contributed by atoms with Crippen molar-refractivity contribution >= 4 is 17.5 Å². The fourth-order valence-electron chi connectivity index (χ4n) is 2.82. The Kier molecular flexibility index (Phi) is 4.03. The number of piperidine rings is 1. The van der Waals surface area contributed by atoms with Gasteiger partial charge in [0.1, 0.15) is 17.2 Å². The predicted molar refractivity (Wildman–Crippen MR) is 80.5 cm³/mol. The SMILES string of the molecule is Nc1ccc(C(=O)NC2(C(F)(F)F)CC2)c(N2CCC(F)(F)CC2)n1. The molecule has 138 valence electrons. The molecule has 1 aliphatic carbocycles. The van der Waals surface area contributed by atoms with Gasteiger partial charge in [-0.25, -0.2) is 13.8 Å². The standard InChI is InChI=1S/C15H17F5N4O/c16-14(17)5-7-24(8-6-14)11-9(1-2-10(21)22-11)12(25)23-13(3-4-13)15(18,19)20/h1-2H,3-8H2,(H2,21,22)(H,23,25). The van der Waals surface area contributed by atoms with E-state index in [1.807, 2.05) is 5.32 Å². The minimum atomic E-state index is -4.54. The van der Waals surface area contributed by atoms with E-state index in [0.29, 0.717) is 0 Å². The Bertz CT molecular complexity index is 677. The first-order chi connectivity index (χ1) is 11.5. The van der Waals surface area contributed by atoms with Crippen molar-refractivity contribution in [2.24, 2.45) is 0 Å². The van der Waals surface area contributed by atoms with Crippen molar-refractivity contribution in [2.75, 3.05) is 23.7 Å². The lowest BCUT2D eigenvalue weighted by Gasteiger charge is -2.33. The zero-order valence-corrected chi connectivity index (χ0v) is 13.2. The number of aromatic nitrogens is 1. The molecule has 10 heteroatoms. The number of carbonyl (C=O) groups is 1. The Morgan fingerprint density at radius 3 is 2.28 bits per heavy atom. The summed E-state index contributed by atoms with van der Waals surface area (Å²) in [6.07, 6.45) is -5.75. The second-order valence-electron chi connectivity index (χ2n) is 6.48. The summed E-state index contributed by atoms with van der Waals surface area (Å²) in [7, 11) is 0. The monoisotopic (exact) mass is 364 g/mol. The molecule has 1 aliphatic heterocycles. The molecule has 3 rings (SSSR count). The first-order valence-electron chi connectivity index (χ1n) is 7.82. The number of anilines is 2. The van der Waals surface area contributed by atoms with Gasteiger partial charge in [0.15, 0.2) is 0 Å². The molecule has 2 aliphatic rings. The van der Waals surface area contributed by atoms with E-state index in [1.165, 1.54) is 17.0 Å². The molecule has 1 amide bonds. The quantitative estimate of drug-likeness (QED) is 0.809. The van der Waals surface area contributed by atoms with Crippen molar-refractivity contribution in [3.8, 4) is 0 Å². The maximum absolute atomic E-state index is 13.3. The van der Waals surface area contributed by atoms with Crippen LogP contribution < -0.4 is 16.0 Å². The summed E-state index contributed by atoms with van der Waals surface area (Å²) in [5, 5.41) is 2.02. The molecule has 25 heavy (non-hydrogen) atoms. The summed E-state index contributed by atoms with van der Waals surface area (Å²) in [4.78, 5) is 17.8. The smallest absolute Gasteiger partial charge is 0.384 e. The molecule has 2 heterocycles. The van der Waals surface area contributed by atoms with Gasteiger partial charge in [-0.3, -0.25) is 4.79 Å². The van der Waals surface area contributed by atoms with E-state index in [1.54, 1.807) is 0 Å². The van der Waals surface area contributed by atoms with E-state index < -0.39 is 36.4 Å². The molecule has 2 fully saturated rings. The number of pyridine rings is 1. The number of nitrogens with one attached hydrogen (secondary N) is 1. The number of alkyl halides is 5. The molecular formula is C15H17F5N4O. The number of nitrogen functional groups attached to an aromatic ring is 1. The largest absolute Gasteiger partial charge is 0.411 e. The summed E-state index contributed by atoms with van der Waals surface area (Å²) >= 11 is 0. The minimum Gasteiger partial charge on any atom is -0.384 e. The highest BCUT2D eigenvalue weighted by Gasteiger charge is 2.64. The van der Waals surface area contributed by atoms with Crippen LogP contribution in [0, 0.1) is 0 Å². The van der Waals surface area contributed by atoms with Gasteiger partial charge in [0, 0.05) is 25.9 Å². The van der Waals surface area contributed by atoms with E-state index >= 15 is 0 Å². The zero-order valence-electron chi connectivity index (χ0n) is 13.2. The van der Waals surface area contributed by atoms with Gasteiger partial charge in [0.2, 0.25) is 0 Å². The molecule has 0 radical (unpaired) electrons. The Labute approximate surface area is 140 Å². The number of rotatable bonds is 3. The molecule has 1 aromatic heterocycles. The number of hydrogen-bond donors (Lipinski definition) is 2. The van der Waals surface area contributed by atoms with Gasteiger partial charge >= 0.3 is 6.18 Å². The highest BCUT2D eigenvalue weighted by Crippen LogP contribution is 2.49. The van der Waals surface area contributed by atoms with Crippen LogP contribution in [0.5, 0.6) is 0 Å². The van der Waals surface area contributed by atoms with Crippen molar-refractivity contribution in [3.63, 3.8) is 0 Å². The molecule has 1 aromatic rings.